The van der Waals surface area contributed by atoms with E-state index in [-0.39, 0.29) is 18.5 Å². The van der Waals surface area contributed by atoms with Gasteiger partial charge in [0.25, 0.3) is 0 Å². The van der Waals surface area contributed by atoms with Crippen LogP contribution >= 0.6 is 0 Å². The van der Waals surface area contributed by atoms with Crippen molar-refractivity contribution >= 4 is 11.9 Å². The molecule has 0 spiro atoms. The van der Waals surface area contributed by atoms with E-state index in [1.54, 1.807) is 14.2 Å². The number of hydrogen-bond acceptors (Lipinski definition) is 8. The van der Waals surface area contributed by atoms with Crippen molar-refractivity contribution in [3.63, 3.8) is 0 Å². The second-order valence-corrected chi connectivity index (χ2v) is 17.8. The molecule has 9 nitrogen and oxygen atoms in total. The first-order valence-electron chi connectivity index (χ1n) is 23.3. The number of aliphatic hydroxyl groups excluding tert-OH is 1. The molecule has 3 aromatic carbocycles. The number of ether oxygens (including phenoxy) is 4. The van der Waals surface area contributed by atoms with Crippen LogP contribution in [0.1, 0.15) is 146 Å². The Hall–Kier alpha value is -3.92. The molecule has 2 N–H and O–H groups in total. The zero-order valence-electron chi connectivity index (χ0n) is 38.3. The normalized spacial score (nSPS) is 17.7. The van der Waals surface area contributed by atoms with Gasteiger partial charge in [0, 0.05) is 36.8 Å². The van der Waals surface area contributed by atoms with Crippen LogP contribution in [0.3, 0.4) is 0 Å². The lowest BCUT2D eigenvalue weighted by Crippen LogP contribution is -2.46. The zero-order chi connectivity index (χ0) is 43.8. The summed E-state index contributed by atoms with van der Waals surface area (Å²) < 4.78 is 23.1. The molecule has 1 amide bonds. The van der Waals surface area contributed by atoms with Gasteiger partial charge in [0.2, 0.25) is 5.91 Å². The summed E-state index contributed by atoms with van der Waals surface area (Å²) in [5.41, 5.74) is 0.843. The molecule has 1 fully saturated rings. The number of amides is 1. The van der Waals surface area contributed by atoms with Gasteiger partial charge in [-0.3, -0.25) is 9.59 Å². The minimum atomic E-state index is -0.982. The third-order valence-corrected chi connectivity index (χ3v) is 13.2. The van der Waals surface area contributed by atoms with E-state index >= 15 is 0 Å². The van der Waals surface area contributed by atoms with E-state index in [2.05, 4.69) is 55.6 Å². The van der Waals surface area contributed by atoms with Crippen LogP contribution in [0.4, 0.5) is 0 Å². The highest BCUT2D eigenvalue weighted by molar-refractivity contribution is 5.76. The van der Waals surface area contributed by atoms with Crippen molar-refractivity contribution < 1.29 is 33.6 Å². The molecule has 1 heterocycles. The Bertz CT molecular complexity index is 1620. The molecule has 61 heavy (non-hydrogen) atoms. The van der Waals surface area contributed by atoms with Crippen molar-refractivity contribution in [1.29, 1.82) is 0 Å². The Balaban J connectivity index is 1.17. The number of aliphatic hydroxyl groups is 1. The van der Waals surface area contributed by atoms with Gasteiger partial charge in [-0.1, -0.05) is 145 Å². The maximum atomic E-state index is 13.7. The van der Waals surface area contributed by atoms with E-state index in [0.29, 0.717) is 32.5 Å². The highest BCUT2D eigenvalue weighted by Crippen LogP contribution is 2.49. The molecule has 4 rings (SSSR count). The summed E-state index contributed by atoms with van der Waals surface area (Å²) in [5, 5.41) is 14.5. The number of nitrogens with one attached hydrogen (secondary N) is 1. The molecular weight excluding hydrogens is 765 g/mol. The minimum absolute atomic E-state index is 0.0426. The topological polar surface area (TPSA) is 107 Å². The number of hydrogen-bond donors (Lipinski definition) is 2. The van der Waals surface area contributed by atoms with Gasteiger partial charge in [0.05, 0.1) is 34.5 Å². The third-order valence-electron chi connectivity index (χ3n) is 13.2. The maximum absolute atomic E-state index is 13.7. The average Bonchev–Trinajstić information content (AvgIpc) is 3.57. The fraction of sp³-hybridized carbons (Fsp3) is 0.615. The molecule has 1 aliphatic rings. The molecule has 2 atom stereocenters. The highest BCUT2D eigenvalue weighted by atomic mass is 16.5. The smallest absolute Gasteiger partial charge is 0.305 e. The van der Waals surface area contributed by atoms with Crippen molar-refractivity contribution in [2.24, 2.45) is 10.8 Å². The summed E-state index contributed by atoms with van der Waals surface area (Å²) in [6.45, 7) is 7.77. The molecule has 0 aliphatic carbocycles. The van der Waals surface area contributed by atoms with Gasteiger partial charge in [-0.15, -0.1) is 0 Å². The molecule has 0 radical (unpaired) electrons. The molecule has 0 aromatic heterocycles. The predicted molar refractivity (Wildman–Crippen MR) is 246 cm³/mol. The Morgan fingerprint density at radius 3 is 1.48 bits per heavy atom. The van der Waals surface area contributed by atoms with Crippen LogP contribution < -0.4 is 14.8 Å². The van der Waals surface area contributed by atoms with Crippen molar-refractivity contribution in [1.82, 2.24) is 10.2 Å². The number of esters is 1. The largest absolute Gasteiger partial charge is 0.497 e. The summed E-state index contributed by atoms with van der Waals surface area (Å²) in [7, 11) is 4.79. The molecule has 9 heteroatoms. The number of likely N-dealkylation sites (tertiary alicyclic amines) is 1. The van der Waals surface area contributed by atoms with Crippen LogP contribution in [0.25, 0.3) is 0 Å². The van der Waals surface area contributed by atoms with Crippen LogP contribution in [0.5, 0.6) is 11.5 Å². The summed E-state index contributed by atoms with van der Waals surface area (Å²) in [4.78, 5) is 26.8. The van der Waals surface area contributed by atoms with Gasteiger partial charge in [-0.25, -0.2) is 0 Å². The van der Waals surface area contributed by atoms with E-state index in [1.165, 1.54) is 77.7 Å². The van der Waals surface area contributed by atoms with Crippen LogP contribution in [-0.4, -0.2) is 82.6 Å². The molecule has 1 aliphatic heterocycles. The Labute approximate surface area is 368 Å². The SMILES string of the molecule is COC(=O)CCCCCCCCCCCNCCCCCCCCCC(=O)N1CC(C)(CO)C(C)(COC(c2ccccc2)(c2ccc(OC)cc2)c2ccc(OC)cc2)C1. The monoisotopic (exact) mass is 843 g/mol. The zero-order valence-corrected chi connectivity index (χ0v) is 38.3. The molecule has 0 bridgehead atoms. The summed E-state index contributed by atoms with van der Waals surface area (Å²) in [6, 6.07) is 26.3. The van der Waals surface area contributed by atoms with Crippen LogP contribution in [-0.2, 0) is 24.7 Å². The van der Waals surface area contributed by atoms with Gasteiger partial charge < -0.3 is 34.3 Å². The van der Waals surface area contributed by atoms with Crippen molar-refractivity contribution in [3.05, 3.63) is 95.6 Å². The Kier molecular flexibility index (Phi) is 21.6. The van der Waals surface area contributed by atoms with Gasteiger partial charge in [0.1, 0.15) is 17.1 Å². The van der Waals surface area contributed by atoms with Gasteiger partial charge in [-0.2, -0.15) is 0 Å². The maximum Gasteiger partial charge on any atom is 0.305 e. The molecule has 338 valence electrons. The number of nitrogens with zero attached hydrogens (tertiary/aromatic N) is 1. The van der Waals surface area contributed by atoms with Crippen LogP contribution in [0.2, 0.25) is 0 Å². The van der Waals surface area contributed by atoms with Crippen molar-refractivity contribution in [3.8, 4) is 11.5 Å². The van der Waals surface area contributed by atoms with Gasteiger partial charge >= 0.3 is 5.97 Å². The van der Waals surface area contributed by atoms with E-state index in [1.807, 2.05) is 47.4 Å². The van der Waals surface area contributed by atoms with E-state index < -0.39 is 16.4 Å². The van der Waals surface area contributed by atoms with Crippen LogP contribution in [0, 0.1) is 10.8 Å². The summed E-state index contributed by atoms with van der Waals surface area (Å²) in [5.74, 6) is 1.59. The van der Waals surface area contributed by atoms with E-state index in [4.69, 9.17) is 18.9 Å². The Morgan fingerprint density at radius 1 is 0.590 bits per heavy atom. The van der Waals surface area contributed by atoms with Gasteiger partial charge in [-0.05, 0) is 79.7 Å². The first kappa shape index (κ1) is 49.7. The fourth-order valence-corrected chi connectivity index (χ4v) is 8.81. The lowest BCUT2D eigenvalue weighted by Gasteiger charge is -2.43. The van der Waals surface area contributed by atoms with E-state index in [0.717, 1.165) is 73.4 Å². The Morgan fingerprint density at radius 2 is 1.02 bits per heavy atom. The predicted octanol–water partition coefficient (Wildman–Crippen LogP) is 10.6. The number of unbranched alkanes of at least 4 members (excludes halogenated alkanes) is 14. The highest BCUT2D eigenvalue weighted by Gasteiger charge is 2.54. The number of methoxy groups -OCH3 is 3. The lowest BCUT2D eigenvalue weighted by molar-refractivity contribution is -0.140. The number of rotatable bonds is 31. The summed E-state index contributed by atoms with van der Waals surface area (Å²) >= 11 is 0. The molecule has 1 saturated heterocycles. The average molecular weight is 843 g/mol. The first-order chi connectivity index (χ1) is 29.6. The number of carbonyl (C=O) groups is 2. The van der Waals surface area contributed by atoms with Crippen molar-refractivity contribution in [2.75, 3.05) is 60.7 Å². The quantitative estimate of drug-likeness (QED) is 0.0375. The molecular formula is C52H78N2O7. The number of benzene rings is 3. The third kappa shape index (κ3) is 14.9. The fourth-order valence-electron chi connectivity index (χ4n) is 8.81. The molecule has 2 unspecified atom stereocenters. The second-order valence-electron chi connectivity index (χ2n) is 17.8. The first-order valence-corrected chi connectivity index (χ1v) is 23.3. The molecule has 0 saturated carbocycles. The summed E-state index contributed by atoms with van der Waals surface area (Å²) in [6.07, 6.45) is 20.2. The van der Waals surface area contributed by atoms with Crippen LogP contribution in [0.15, 0.2) is 78.9 Å². The van der Waals surface area contributed by atoms with E-state index in [9.17, 15) is 14.7 Å². The lowest BCUT2D eigenvalue weighted by atomic mass is 9.68. The standard InChI is InChI=1S/C52H78N2O7/c1-50(41-55)39-54(48(56)27-21-14-10-9-13-17-24-38-53-37-23-16-12-8-6-7-11-15-22-28-49(57)60-5)40-51(50,2)42-61-52(43-25-19-18-20-26-43,44-29-33-46(58-3)34-30-44)45-31-35-47(59-4)36-32-45/h18-20,25-26,29-36,53,55H,6-17,21-24,27-28,37-42H2,1-5H3. The minimum Gasteiger partial charge on any atom is -0.497 e. The molecule has 3 aromatic rings. The van der Waals surface area contributed by atoms with Gasteiger partial charge in [0.15, 0.2) is 0 Å². The second kappa shape index (κ2) is 26.5. The van der Waals surface area contributed by atoms with Crippen molar-refractivity contribution in [2.45, 2.75) is 135 Å². The number of carbonyl (C=O) groups excluding carboxylic acids is 2.